The Morgan fingerprint density at radius 2 is 1.71 bits per heavy atom. The van der Waals surface area contributed by atoms with Crippen molar-refractivity contribution in [2.75, 3.05) is 12.4 Å². The van der Waals surface area contributed by atoms with Gasteiger partial charge in [-0.2, -0.15) is 0 Å². The molecule has 0 aliphatic carbocycles. The van der Waals surface area contributed by atoms with Gasteiger partial charge in [0.15, 0.2) is 5.78 Å². The number of Topliss-reactive ketones (excluding diaryl/α,β-unsaturated/α-hetero) is 3. The van der Waals surface area contributed by atoms with Gasteiger partial charge in [0.1, 0.15) is 17.3 Å². The number of carbonyl (C=O) groups excluding carboxylic acids is 3. The Labute approximate surface area is 170 Å². The van der Waals surface area contributed by atoms with E-state index in [9.17, 15) is 14.4 Å². The number of nitrogens with one attached hydrogen (secondary N) is 1. The van der Waals surface area contributed by atoms with E-state index in [0.29, 0.717) is 30.6 Å². The minimum absolute atomic E-state index is 0.00380. The van der Waals surface area contributed by atoms with Crippen molar-refractivity contribution in [1.82, 2.24) is 0 Å². The minimum atomic E-state index is -0.427. The number of ketones is 3. The number of carbonyl (C=O) groups is 3. The molecule has 0 saturated heterocycles. The average molecular weight is 392 g/mol. The number of ether oxygens (including phenoxy) is 1. The molecule has 1 N–H and O–H groups in total. The second-order valence-corrected chi connectivity index (χ2v) is 6.95. The maximum atomic E-state index is 13.0. The van der Waals surface area contributed by atoms with Crippen LogP contribution in [-0.4, -0.2) is 30.5 Å². The summed E-state index contributed by atoms with van der Waals surface area (Å²) in [4.78, 5) is 36.1. The largest absolute Gasteiger partial charge is 0.491 e. The van der Waals surface area contributed by atoms with Gasteiger partial charge in [-0.3, -0.25) is 9.59 Å². The van der Waals surface area contributed by atoms with Crippen LogP contribution in [0.1, 0.15) is 83.7 Å². The predicted molar refractivity (Wildman–Crippen MR) is 116 cm³/mol. The third-order valence-electron chi connectivity index (χ3n) is 4.37. The molecule has 0 spiro atoms. The van der Waals surface area contributed by atoms with Crippen molar-refractivity contribution in [3.05, 3.63) is 23.3 Å². The first-order valence-electron chi connectivity index (χ1n) is 10.2. The van der Waals surface area contributed by atoms with E-state index in [1.165, 1.54) is 13.8 Å². The van der Waals surface area contributed by atoms with E-state index in [1.54, 1.807) is 7.05 Å². The van der Waals surface area contributed by atoms with Crippen molar-refractivity contribution in [3.63, 3.8) is 0 Å². The summed E-state index contributed by atoms with van der Waals surface area (Å²) in [5, 5.41) is 3.06. The zero-order valence-corrected chi connectivity index (χ0v) is 18.8. The summed E-state index contributed by atoms with van der Waals surface area (Å²) in [5.41, 5.74) is 2.24. The Morgan fingerprint density at radius 1 is 1.11 bits per heavy atom. The highest BCUT2D eigenvalue weighted by molar-refractivity contribution is 6.01. The molecule has 0 bridgehead atoms. The normalized spacial score (nSPS) is 11.3. The van der Waals surface area contributed by atoms with Crippen LogP contribution in [0, 0.1) is 5.92 Å². The summed E-state index contributed by atoms with van der Waals surface area (Å²) in [5.74, 6) is 0.157. The van der Waals surface area contributed by atoms with Crippen molar-refractivity contribution in [1.29, 1.82) is 0 Å². The van der Waals surface area contributed by atoms with Crippen LogP contribution in [0.25, 0.3) is 0 Å². The molecular formula is C23H37NO4. The molecule has 1 unspecified atom stereocenters. The van der Waals surface area contributed by atoms with Gasteiger partial charge in [-0.1, -0.05) is 20.8 Å². The van der Waals surface area contributed by atoms with Gasteiger partial charge < -0.3 is 14.8 Å². The van der Waals surface area contributed by atoms with Gasteiger partial charge in [0.05, 0.1) is 6.10 Å². The number of benzene rings is 1. The highest BCUT2D eigenvalue weighted by Crippen LogP contribution is 2.31. The maximum absolute atomic E-state index is 13.0. The summed E-state index contributed by atoms with van der Waals surface area (Å²) >= 11 is 0. The smallest absolute Gasteiger partial charge is 0.164 e. The SMILES string of the molecule is CC.CCc1c(OC(C)C)cc(NC)cc1C(=O)CC(CCC(C)=O)C(C)=O. The first kappa shape index (κ1) is 25.8. The third-order valence-corrected chi connectivity index (χ3v) is 4.37. The fraction of sp³-hybridized carbons (Fsp3) is 0.609. The lowest BCUT2D eigenvalue weighted by atomic mass is 9.88. The van der Waals surface area contributed by atoms with Crippen LogP contribution in [0.3, 0.4) is 0 Å². The Morgan fingerprint density at radius 3 is 2.14 bits per heavy atom. The Balaban J connectivity index is 0.00000352. The summed E-state index contributed by atoms with van der Waals surface area (Å²) in [7, 11) is 1.79. The Hall–Kier alpha value is -2.17. The van der Waals surface area contributed by atoms with Crippen LogP contribution in [0.4, 0.5) is 5.69 Å². The van der Waals surface area contributed by atoms with E-state index in [-0.39, 0.29) is 29.9 Å². The van der Waals surface area contributed by atoms with E-state index in [0.717, 1.165) is 11.3 Å². The lowest BCUT2D eigenvalue weighted by Gasteiger charge is -2.19. The molecule has 0 aliphatic heterocycles. The molecule has 1 atom stereocenters. The van der Waals surface area contributed by atoms with Crippen LogP contribution >= 0.6 is 0 Å². The Bertz CT molecular complexity index is 665. The molecule has 1 rings (SSSR count). The lowest BCUT2D eigenvalue weighted by molar-refractivity contribution is -0.121. The topological polar surface area (TPSA) is 72.5 Å². The van der Waals surface area contributed by atoms with E-state index < -0.39 is 5.92 Å². The fourth-order valence-corrected chi connectivity index (χ4v) is 2.92. The average Bonchev–Trinajstić information content (AvgIpc) is 2.64. The zero-order valence-electron chi connectivity index (χ0n) is 18.8. The van der Waals surface area contributed by atoms with Crippen molar-refractivity contribution < 1.29 is 19.1 Å². The lowest BCUT2D eigenvalue weighted by Crippen LogP contribution is -2.19. The van der Waals surface area contributed by atoms with Crippen molar-refractivity contribution >= 4 is 23.0 Å². The van der Waals surface area contributed by atoms with Gasteiger partial charge in [-0.05, 0) is 46.6 Å². The minimum Gasteiger partial charge on any atom is -0.491 e. The molecular weight excluding hydrogens is 354 g/mol. The molecule has 0 heterocycles. The fourth-order valence-electron chi connectivity index (χ4n) is 2.92. The van der Waals surface area contributed by atoms with Gasteiger partial charge in [0.2, 0.25) is 0 Å². The highest BCUT2D eigenvalue weighted by atomic mass is 16.5. The van der Waals surface area contributed by atoms with Crippen LogP contribution in [0.2, 0.25) is 0 Å². The molecule has 0 saturated carbocycles. The third kappa shape index (κ3) is 8.24. The molecule has 0 radical (unpaired) electrons. The maximum Gasteiger partial charge on any atom is 0.164 e. The summed E-state index contributed by atoms with van der Waals surface area (Å²) in [6.07, 6.45) is 1.50. The van der Waals surface area contributed by atoms with Crippen LogP contribution in [0.5, 0.6) is 5.75 Å². The first-order valence-corrected chi connectivity index (χ1v) is 10.2. The van der Waals surface area contributed by atoms with Crippen LogP contribution in [-0.2, 0) is 16.0 Å². The molecule has 0 aromatic heterocycles. The van der Waals surface area contributed by atoms with E-state index in [1.807, 2.05) is 46.8 Å². The second kappa shape index (κ2) is 13.1. The molecule has 5 heteroatoms. The molecule has 0 aliphatic rings. The molecule has 0 fully saturated rings. The first-order chi connectivity index (χ1) is 13.2. The molecule has 1 aromatic rings. The predicted octanol–water partition coefficient (Wildman–Crippen LogP) is 5.25. The van der Waals surface area contributed by atoms with Gasteiger partial charge in [0.25, 0.3) is 0 Å². The zero-order chi connectivity index (χ0) is 21.9. The van der Waals surface area contributed by atoms with E-state index >= 15 is 0 Å². The monoisotopic (exact) mass is 391 g/mol. The number of hydrogen-bond donors (Lipinski definition) is 1. The van der Waals surface area contributed by atoms with Crippen molar-refractivity contribution in [2.45, 2.75) is 80.3 Å². The second-order valence-electron chi connectivity index (χ2n) is 6.95. The summed E-state index contributed by atoms with van der Waals surface area (Å²) < 4.78 is 5.90. The molecule has 5 nitrogen and oxygen atoms in total. The van der Waals surface area contributed by atoms with E-state index in [4.69, 9.17) is 4.74 Å². The summed E-state index contributed by atoms with van der Waals surface area (Å²) in [6, 6.07) is 3.71. The van der Waals surface area contributed by atoms with Gasteiger partial charge in [-0.25, -0.2) is 0 Å². The van der Waals surface area contributed by atoms with Crippen LogP contribution in [0.15, 0.2) is 12.1 Å². The van der Waals surface area contributed by atoms with Crippen LogP contribution < -0.4 is 10.1 Å². The molecule has 28 heavy (non-hydrogen) atoms. The molecule has 158 valence electrons. The number of anilines is 1. The molecule has 0 amide bonds. The van der Waals surface area contributed by atoms with Crippen molar-refractivity contribution in [2.24, 2.45) is 5.92 Å². The molecule has 1 aromatic carbocycles. The van der Waals surface area contributed by atoms with E-state index in [2.05, 4.69) is 5.32 Å². The van der Waals surface area contributed by atoms with Gasteiger partial charge >= 0.3 is 0 Å². The quantitative estimate of drug-likeness (QED) is 0.522. The standard InChI is InChI=1S/C21H31NO4.C2H6/c1-7-18-19(11-17(22-6)12-21(18)26-13(2)3)20(25)10-16(15(5)24)9-8-14(4)23;1-2/h11-13,16,22H,7-10H2,1-6H3;1-2H3. The number of rotatable bonds is 11. The van der Waals surface area contributed by atoms with Gasteiger partial charge in [-0.15, -0.1) is 0 Å². The highest BCUT2D eigenvalue weighted by Gasteiger charge is 2.23. The van der Waals surface area contributed by atoms with Crippen molar-refractivity contribution in [3.8, 4) is 5.75 Å². The summed E-state index contributed by atoms with van der Waals surface area (Å²) in [6.45, 7) is 12.9. The Kier molecular flexibility index (Phi) is 12.1. The van der Waals surface area contributed by atoms with Gasteiger partial charge in [0, 0.05) is 48.7 Å². The number of hydrogen-bond acceptors (Lipinski definition) is 5.